The molecule has 2 heterocycles. The van der Waals surface area contributed by atoms with Crippen molar-refractivity contribution in [3.8, 4) is 16.3 Å². The van der Waals surface area contributed by atoms with Gasteiger partial charge in [-0.3, -0.25) is 0 Å². The number of para-hydroxylation sites is 1. The van der Waals surface area contributed by atoms with Gasteiger partial charge < -0.3 is 9.30 Å². The third kappa shape index (κ3) is 4.38. The topological polar surface area (TPSA) is 52.8 Å². The fraction of sp³-hybridized carbons (Fsp3) is 0.150. The normalized spacial score (nSPS) is 10.9. The van der Waals surface area contributed by atoms with Crippen molar-refractivity contribution >= 4 is 34.7 Å². The van der Waals surface area contributed by atoms with Gasteiger partial charge in [0, 0.05) is 23.7 Å². The van der Waals surface area contributed by atoms with E-state index in [4.69, 9.17) is 21.3 Å². The molecule has 28 heavy (non-hydrogen) atoms. The van der Waals surface area contributed by atoms with E-state index in [0.29, 0.717) is 17.4 Å². The maximum atomic E-state index is 6.27. The summed E-state index contributed by atoms with van der Waals surface area (Å²) in [5.74, 6) is 2.31. The highest BCUT2D eigenvalue weighted by Gasteiger charge is 2.12. The molecule has 4 aromatic rings. The maximum Gasteiger partial charge on any atom is 0.191 e. The molecule has 0 saturated carbocycles. The molecule has 2 aromatic carbocycles. The molecule has 2 aromatic heterocycles. The van der Waals surface area contributed by atoms with Gasteiger partial charge >= 0.3 is 0 Å². The Hall–Kier alpha value is -2.35. The van der Waals surface area contributed by atoms with Gasteiger partial charge in [0.2, 0.25) is 0 Å². The van der Waals surface area contributed by atoms with Crippen molar-refractivity contribution in [2.75, 3.05) is 0 Å². The number of ether oxygens (including phenoxy) is 1. The van der Waals surface area contributed by atoms with Crippen molar-refractivity contribution in [2.45, 2.75) is 17.5 Å². The van der Waals surface area contributed by atoms with Crippen LogP contribution in [0.1, 0.15) is 11.5 Å². The number of thiazole rings is 1. The average molecular weight is 429 g/mol. The zero-order valence-electron chi connectivity index (χ0n) is 15.1. The molecule has 0 fully saturated rings. The fourth-order valence-electron chi connectivity index (χ4n) is 2.53. The SMILES string of the molecule is Cn1c(COc2ccccc2)nnc1SCc1csc(-c2ccccc2Cl)n1. The first-order valence-corrected chi connectivity index (χ1v) is 10.8. The van der Waals surface area contributed by atoms with Crippen LogP contribution in [0.3, 0.4) is 0 Å². The lowest BCUT2D eigenvalue weighted by Crippen LogP contribution is -2.04. The molecule has 0 N–H and O–H groups in total. The quantitative estimate of drug-likeness (QED) is 0.365. The van der Waals surface area contributed by atoms with Crippen LogP contribution in [-0.2, 0) is 19.4 Å². The van der Waals surface area contributed by atoms with Crippen LogP contribution in [-0.4, -0.2) is 19.7 Å². The molecule has 0 saturated heterocycles. The van der Waals surface area contributed by atoms with E-state index in [2.05, 4.69) is 15.6 Å². The van der Waals surface area contributed by atoms with Crippen LogP contribution in [0.2, 0.25) is 5.02 Å². The minimum absolute atomic E-state index is 0.376. The minimum atomic E-state index is 0.376. The molecule has 0 radical (unpaired) electrons. The summed E-state index contributed by atoms with van der Waals surface area (Å²) < 4.78 is 7.71. The molecule has 0 spiro atoms. The van der Waals surface area contributed by atoms with Crippen molar-refractivity contribution < 1.29 is 4.74 Å². The Labute approximate surface area is 176 Å². The first kappa shape index (κ1) is 19.0. The van der Waals surface area contributed by atoms with Gasteiger partial charge in [-0.2, -0.15) is 0 Å². The summed E-state index contributed by atoms with van der Waals surface area (Å²) in [4.78, 5) is 4.70. The van der Waals surface area contributed by atoms with Gasteiger partial charge in [0.05, 0.1) is 10.7 Å². The third-order valence-corrected chi connectivity index (χ3v) is 6.35. The van der Waals surface area contributed by atoms with Gasteiger partial charge in [-0.25, -0.2) is 4.98 Å². The number of hydrogen-bond donors (Lipinski definition) is 0. The lowest BCUT2D eigenvalue weighted by Gasteiger charge is -2.06. The van der Waals surface area contributed by atoms with E-state index < -0.39 is 0 Å². The summed E-state index contributed by atoms with van der Waals surface area (Å²) in [5.41, 5.74) is 1.96. The number of nitrogens with zero attached hydrogens (tertiary/aromatic N) is 4. The molecular formula is C20H17ClN4OS2. The zero-order chi connectivity index (χ0) is 19.3. The molecule has 0 aliphatic rings. The number of rotatable bonds is 7. The second-order valence-corrected chi connectivity index (χ2v) is 8.18. The molecule has 0 atom stereocenters. The van der Waals surface area contributed by atoms with Crippen LogP contribution >= 0.6 is 34.7 Å². The van der Waals surface area contributed by atoms with Gasteiger partial charge in [-0.05, 0) is 18.2 Å². The van der Waals surface area contributed by atoms with E-state index in [0.717, 1.165) is 33.0 Å². The predicted molar refractivity (Wildman–Crippen MR) is 114 cm³/mol. The van der Waals surface area contributed by atoms with Crippen LogP contribution in [0.5, 0.6) is 5.75 Å². The zero-order valence-corrected chi connectivity index (χ0v) is 17.5. The van der Waals surface area contributed by atoms with Gasteiger partial charge in [0.25, 0.3) is 0 Å². The molecule has 0 aliphatic carbocycles. The van der Waals surface area contributed by atoms with Crippen molar-refractivity contribution in [1.29, 1.82) is 0 Å². The van der Waals surface area contributed by atoms with E-state index in [-0.39, 0.29) is 0 Å². The number of aromatic nitrogens is 4. The molecule has 4 rings (SSSR count). The van der Waals surface area contributed by atoms with Gasteiger partial charge in [-0.15, -0.1) is 21.5 Å². The summed E-state index contributed by atoms with van der Waals surface area (Å²) in [5, 5.41) is 13.0. The summed E-state index contributed by atoms with van der Waals surface area (Å²) in [6.07, 6.45) is 0. The predicted octanol–water partition coefficient (Wildman–Crippen LogP) is 5.46. The van der Waals surface area contributed by atoms with Crippen molar-refractivity contribution in [3.63, 3.8) is 0 Å². The smallest absolute Gasteiger partial charge is 0.191 e. The second kappa shape index (κ2) is 8.77. The summed E-state index contributed by atoms with van der Waals surface area (Å²) in [7, 11) is 1.95. The molecule has 142 valence electrons. The maximum absolute atomic E-state index is 6.27. The lowest BCUT2D eigenvalue weighted by atomic mass is 10.2. The summed E-state index contributed by atoms with van der Waals surface area (Å²) in [6.45, 7) is 0.376. The van der Waals surface area contributed by atoms with Crippen LogP contribution in [0.25, 0.3) is 10.6 Å². The molecule has 5 nitrogen and oxygen atoms in total. The monoisotopic (exact) mass is 428 g/mol. The van der Waals surface area contributed by atoms with E-state index >= 15 is 0 Å². The molecule has 8 heteroatoms. The van der Waals surface area contributed by atoms with Crippen LogP contribution in [0.4, 0.5) is 0 Å². The Bertz CT molecular complexity index is 1070. The highest BCUT2D eigenvalue weighted by Crippen LogP contribution is 2.31. The second-order valence-electron chi connectivity index (χ2n) is 5.97. The van der Waals surface area contributed by atoms with Crippen molar-refractivity contribution in [3.05, 3.63) is 76.5 Å². The van der Waals surface area contributed by atoms with Crippen LogP contribution in [0, 0.1) is 0 Å². The Balaban J connectivity index is 1.38. The third-order valence-electron chi connectivity index (χ3n) is 4.04. The van der Waals surface area contributed by atoms with Gasteiger partial charge in [0.15, 0.2) is 11.0 Å². The van der Waals surface area contributed by atoms with E-state index in [1.807, 2.05) is 66.2 Å². The Morgan fingerprint density at radius 3 is 2.68 bits per heavy atom. The van der Waals surface area contributed by atoms with Crippen molar-refractivity contribution in [1.82, 2.24) is 19.7 Å². The van der Waals surface area contributed by atoms with Gasteiger partial charge in [-0.1, -0.05) is 59.8 Å². The first-order chi connectivity index (χ1) is 13.7. The molecule has 0 bridgehead atoms. The number of hydrogen-bond acceptors (Lipinski definition) is 6. The Kier molecular flexibility index (Phi) is 5.95. The van der Waals surface area contributed by atoms with Crippen LogP contribution < -0.4 is 4.74 Å². The fourth-order valence-corrected chi connectivity index (χ4v) is 4.60. The van der Waals surface area contributed by atoms with E-state index in [1.54, 1.807) is 23.1 Å². The molecule has 0 unspecified atom stereocenters. The molecule has 0 amide bonds. The minimum Gasteiger partial charge on any atom is -0.486 e. The Morgan fingerprint density at radius 1 is 1.07 bits per heavy atom. The van der Waals surface area contributed by atoms with Crippen molar-refractivity contribution in [2.24, 2.45) is 7.05 Å². The number of halogens is 1. The Morgan fingerprint density at radius 2 is 1.86 bits per heavy atom. The molecular weight excluding hydrogens is 412 g/mol. The van der Waals surface area contributed by atoms with E-state index in [1.165, 1.54) is 0 Å². The van der Waals surface area contributed by atoms with Crippen LogP contribution in [0.15, 0.2) is 65.1 Å². The summed E-state index contributed by atoms with van der Waals surface area (Å²) >= 11 is 9.46. The van der Waals surface area contributed by atoms with Gasteiger partial charge in [0.1, 0.15) is 17.4 Å². The largest absolute Gasteiger partial charge is 0.486 e. The standard InChI is InChI=1S/C20H17ClN4OS2/c1-25-18(11-26-15-7-3-2-4-8-15)23-24-20(25)28-13-14-12-27-19(22-14)16-9-5-6-10-17(16)21/h2-10,12H,11,13H2,1H3. The summed E-state index contributed by atoms with van der Waals surface area (Å²) in [6, 6.07) is 17.4. The van der Waals surface area contributed by atoms with E-state index in [9.17, 15) is 0 Å². The highest BCUT2D eigenvalue weighted by atomic mass is 35.5. The number of thioether (sulfide) groups is 1. The lowest BCUT2D eigenvalue weighted by molar-refractivity contribution is 0.290. The highest BCUT2D eigenvalue weighted by molar-refractivity contribution is 7.98. The molecule has 0 aliphatic heterocycles. The number of benzene rings is 2. The average Bonchev–Trinajstić information content (AvgIpc) is 3.33. The first-order valence-electron chi connectivity index (χ1n) is 8.59.